The number of H-pyrrole nitrogens is 1. The second kappa shape index (κ2) is 8.66. The average Bonchev–Trinajstić information content (AvgIpc) is 3.25. The van der Waals surface area contributed by atoms with Crippen LogP contribution in [0, 0.1) is 11.3 Å². The van der Waals surface area contributed by atoms with Crippen LogP contribution in [0.15, 0.2) is 72.9 Å². The Bertz CT molecular complexity index is 1300. The van der Waals surface area contributed by atoms with Gasteiger partial charge in [0.25, 0.3) is 0 Å². The fraction of sp³-hybridized carbons (Fsp3) is 0.192. The fourth-order valence-electron chi connectivity index (χ4n) is 4.33. The summed E-state index contributed by atoms with van der Waals surface area (Å²) in [5.41, 5.74) is 4.24. The third-order valence-electron chi connectivity index (χ3n) is 5.99. The highest BCUT2D eigenvalue weighted by Crippen LogP contribution is 2.31. The first-order valence-corrected chi connectivity index (χ1v) is 10.8. The topological polar surface area (TPSA) is 76.0 Å². The molecule has 2 aromatic heterocycles. The fourth-order valence-corrected chi connectivity index (χ4v) is 4.33. The first kappa shape index (κ1) is 20.0. The van der Waals surface area contributed by atoms with Crippen LogP contribution in [0.2, 0.25) is 0 Å². The van der Waals surface area contributed by atoms with Gasteiger partial charge in [0, 0.05) is 43.3 Å². The Kier molecular flexibility index (Phi) is 5.40. The number of carbonyl (C=O) groups is 1. The van der Waals surface area contributed by atoms with E-state index in [1.807, 2.05) is 60.7 Å². The lowest BCUT2D eigenvalue weighted by atomic mass is 10.0. The van der Waals surface area contributed by atoms with Crippen LogP contribution in [-0.4, -0.2) is 53.4 Å². The van der Waals surface area contributed by atoms with Crippen molar-refractivity contribution in [1.82, 2.24) is 14.9 Å². The monoisotopic (exact) mass is 421 g/mol. The Balaban J connectivity index is 1.34. The number of para-hydroxylation sites is 1. The Morgan fingerprint density at radius 2 is 1.75 bits per heavy atom. The summed E-state index contributed by atoms with van der Waals surface area (Å²) in [7, 11) is 0. The van der Waals surface area contributed by atoms with Crippen molar-refractivity contribution in [3.63, 3.8) is 0 Å². The van der Waals surface area contributed by atoms with Gasteiger partial charge in [-0.1, -0.05) is 48.5 Å². The molecule has 158 valence electrons. The zero-order valence-electron chi connectivity index (χ0n) is 17.7. The molecule has 0 bridgehead atoms. The number of pyridine rings is 1. The molecule has 6 heteroatoms. The Morgan fingerprint density at radius 1 is 1.00 bits per heavy atom. The molecule has 1 fully saturated rings. The summed E-state index contributed by atoms with van der Waals surface area (Å²) >= 11 is 0. The van der Waals surface area contributed by atoms with Gasteiger partial charge in [-0.25, -0.2) is 4.98 Å². The summed E-state index contributed by atoms with van der Waals surface area (Å²) in [6.45, 7) is 3.46. The molecule has 5 rings (SSSR count). The summed E-state index contributed by atoms with van der Waals surface area (Å²) < 4.78 is 0. The minimum absolute atomic E-state index is 0.124. The Hall–Kier alpha value is -3.95. The molecule has 2 aromatic carbocycles. The third-order valence-corrected chi connectivity index (χ3v) is 5.99. The largest absolute Gasteiger partial charge is 0.354 e. The van der Waals surface area contributed by atoms with Crippen molar-refractivity contribution in [3.05, 3.63) is 84.1 Å². The maximum absolute atomic E-state index is 13.5. The number of fused-ring (bicyclic) bond motifs is 1. The molecule has 0 aliphatic carbocycles. The molecule has 3 heterocycles. The SMILES string of the molecule is N#Cc1ccnc(N2CCN(CC(=O)c3c(-c4ccccc4)[nH]c4ccccc34)CC2)c1. The van der Waals surface area contributed by atoms with Crippen LogP contribution in [0.25, 0.3) is 22.2 Å². The molecule has 0 atom stereocenters. The second-order valence-electron chi connectivity index (χ2n) is 7.99. The quantitative estimate of drug-likeness (QED) is 0.491. The van der Waals surface area contributed by atoms with E-state index in [1.54, 1.807) is 12.3 Å². The number of piperazine rings is 1. The number of ketones is 1. The van der Waals surface area contributed by atoms with Crippen molar-refractivity contribution in [2.75, 3.05) is 37.6 Å². The summed E-state index contributed by atoms with van der Waals surface area (Å²) in [5.74, 6) is 0.942. The zero-order valence-corrected chi connectivity index (χ0v) is 17.7. The van der Waals surface area contributed by atoms with Crippen LogP contribution in [0.3, 0.4) is 0 Å². The molecular weight excluding hydrogens is 398 g/mol. The van der Waals surface area contributed by atoms with Gasteiger partial charge in [-0.3, -0.25) is 9.69 Å². The van der Waals surface area contributed by atoms with Crippen LogP contribution >= 0.6 is 0 Å². The lowest BCUT2D eigenvalue weighted by molar-refractivity contribution is 0.0928. The first-order valence-electron chi connectivity index (χ1n) is 10.8. The molecular formula is C26H23N5O. The highest BCUT2D eigenvalue weighted by atomic mass is 16.1. The van der Waals surface area contributed by atoms with Gasteiger partial charge in [0.15, 0.2) is 5.78 Å². The number of anilines is 1. The van der Waals surface area contributed by atoms with Crippen LogP contribution in [-0.2, 0) is 0 Å². The van der Waals surface area contributed by atoms with Crippen LogP contribution < -0.4 is 4.90 Å². The van der Waals surface area contributed by atoms with E-state index in [-0.39, 0.29) is 5.78 Å². The molecule has 32 heavy (non-hydrogen) atoms. The van der Waals surface area contributed by atoms with Gasteiger partial charge in [0.05, 0.1) is 29.4 Å². The number of nitrogens with one attached hydrogen (secondary N) is 1. The molecule has 0 unspecified atom stereocenters. The molecule has 6 nitrogen and oxygen atoms in total. The van der Waals surface area contributed by atoms with E-state index in [0.717, 1.165) is 59.7 Å². The van der Waals surface area contributed by atoms with Gasteiger partial charge >= 0.3 is 0 Å². The van der Waals surface area contributed by atoms with E-state index >= 15 is 0 Å². The minimum Gasteiger partial charge on any atom is -0.354 e. The van der Waals surface area contributed by atoms with Gasteiger partial charge in [-0.05, 0) is 23.8 Å². The number of benzene rings is 2. The van der Waals surface area contributed by atoms with E-state index < -0.39 is 0 Å². The van der Waals surface area contributed by atoms with Gasteiger partial charge in [-0.15, -0.1) is 0 Å². The number of hydrogen-bond acceptors (Lipinski definition) is 5. The maximum atomic E-state index is 13.5. The normalized spacial score (nSPS) is 14.4. The molecule has 0 amide bonds. The lowest BCUT2D eigenvalue weighted by Gasteiger charge is -2.35. The summed E-state index contributed by atoms with van der Waals surface area (Å²) in [5, 5.41) is 10.1. The van der Waals surface area contributed by atoms with E-state index in [0.29, 0.717) is 12.1 Å². The van der Waals surface area contributed by atoms with E-state index in [2.05, 4.69) is 25.8 Å². The predicted octanol–water partition coefficient (Wildman–Crippen LogP) is 4.11. The molecule has 1 aliphatic heterocycles. The van der Waals surface area contributed by atoms with Crippen LogP contribution in [0.4, 0.5) is 5.82 Å². The first-order chi connectivity index (χ1) is 15.7. The summed E-state index contributed by atoms with van der Waals surface area (Å²) in [4.78, 5) is 25.7. The zero-order chi connectivity index (χ0) is 21.9. The van der Waals surface area contributed by atoms with E-state index in [1.165, 1.54) is 0 Å². The number of carbonyl (C=O) groups excluding carboxylic acids is 1. The van der Waals surface area contributed by atoms with Crippen LogP contribution in [0.1, 0.15) is 15.9 Å². The van der Waals surface area contributed by atoms with Gasteiger partial charge < -0.3 is 9.88 Å². The highest BCUT2D eigenvalue weighted by molar-refractivity contribution is 6.14. The van der Waals surface area contributed by atoms with Crippen molar-refractivity contribution in [2.45, 2.75) is 0 Å². The minimum atomic E-state index is 0.124. The predicted molar refractivity (Wildman–Crippen MR) is 126 cm³/mol. The van der Waals surface area contributed by atoms with Gasteiger partial charge in [0.1, 0.15) is 5.82 Å². The number of aromatic nitrogens is 2. The van der Waals surface area contributed by atoms with E-state index in [4.69, 9.17) is 5.26 Å². The van der Waals surface area contributed by atoms with Crippen molar-refractivity contribution in [2.24, 2.45) is 0 Å². The van der Waals surface area contributed by atoms with E-state index in [9.17, 15) is 4.79 Å². The Labute approximate surface area is 186 Å². The van der Waals surface area contributed by atoms with Crippen molar-refractivity contribution in [1.29, 1.82) is 5.26 Å². The van der Waals surface area contributed by atoms with Gasteiger partial charge in [0.2, 0.25) is 0 Å². The number of nitriles is 1. The molecule has 0 saturated carbocycles. The van der Waals surface area contributed by atoms with Crippen molar-refractivity contribution in [3.8, 4) is 17.3 Å². The van der Waals surface area contributed by atoms with Crippen molar-refractivity contribution >= 4 is 22.5 Å². The average molecular weight is 422 g/mol. The molecule has 4 aromatic rings. The summed E-state index contributed by atoms with van der Waals surface area (Å²) in [6, 6.07) is 23.7. The molecule has 1 aliphatic rings. The molecule has 0 spiro atoms. The summed E-state index contributed by atoms with van der Waals surface area (Å²) in [6.07, 6.45) is 1.67. The Morgan fingerprint density at radius 3 is 2.53 bits per heavy atom. The standard InChI is InChI=1S/C26H23N5O/c27-17-19-10-11-28-24(16-19)31-14-12-30(13-15-31)18-23(32)25-21-8-4-5-9-22(21)29-26(25)20-6-2-1-3-7-20/h1-11,16,29H,12-15,18H2. The smallest absolute Gasteiger partial charge is 0.179 e. The number of rotatable bonds is 5. The maximum Gasteiger partial charge on any atom is 0.179 e. The lowest BCUT2D eigenvalue weighted by Crippen LogP contribution is -2.48. The molecule has 1 saturated heterocycles. The number of nitrogens with zero attached hydrogens (tertiary/aromatic N) is 4. The molecule has 1 N–H and O–H groups in total. The second-order valence-corrected chi connectivity index (χ2v) is 7.99. The number of aromatic amines is 1. The van der Waals surface area contributed by atoms with Crippen LogP contribution in [0.5, 0.6) is 0 Å². The number of hydrogen-bond donors (Lipinski definition) is 1. The third kappa shape index (κ3) is 3.86. The number of Topliss-reactive ketones (excluding diaryl/α,β-unsaturated/α-hetero) is 1. The van der Waals surface area contributed by atoms with Crippen molar-refractivity contribution < 1.29 is 4.79 Å². The van der Waals surface area contributed by atoms with Gasteiger partial charge in [-0.2, -0.15) is 5.26 Å². The highest BCUT2D eigenvalue weighted by Gasteiger charge is 2.24. The molecule has 0 radical (unpaired) electrons.